The Morgan fingerprint density at radius 3 is 2.27 bits per heavy atom. The molecule has 1 heterocycles. The van der Waals surface area contributed by atoms with Crippen molar-refractivity contribution < 1.29 is 9.82 Å². The van der Waals surface area contributed by atoms with Crippen LogP contribution in [0.4, 0.5) is 11.4 Å². The van der Waals surface area contributed by atoms with Crippen molar-refractivity contribution >= 4 is 11.4 Å². The van der Waals surface area contributed by atoms with Gasteiger partial charge in [-0.05, 0) is 6.07 Å². The van der Waals surface area contributed by atoms with E-state index in [1.54, 1.807) is 0 Å². The van der Waals surface area contributed by atoms with Gasteiger partial charge in [-0.25, -0.2) is 0 Å². The molecule has 7 nitrogen and oxygen atoms in total. The fourth-order valence-electron chi connectivity index (χ4n) is 3.29. The van der Waals surface area contributed by atoms with E-state index in [0.717, 1.165) is 19.6 Å². The SMILES string of the molecule is N#Cc1cc(N2CC[NH+](Cc3ccccc3)CC2)c([N+](=O)[O-])cc1C#N. The molecule has 26 heavy (non-hydrogen) atoms. The molecule has 130 valence electrons. The number of anilines is 1. The number of nitriles is 2. The average Bonchev–Trinajstić information content (AvgIpc) is 2.68. The van der Waals surface area contributed by atoms with Crippen LogP contribution in [0.1, 0.15) is 16.7 Å². The number of quaternary nitrogens is 1. The molecule has 3 rings (SSSR count). The lowest BCUT2D eigenvalue weighted by Crippen LogP contribution is -3.13. The Morgan fingerprint density at radius 2 is 1.69 bits per heavy atom. The molecule has 0 unspecified atom stereocenters. The van der Waals surface area contributed by atoms with Gasteiger partial charge in [0.15, 0.2) is 0 Å². The highest BCUT2D eigenvalue weighted by Crippen LogP contribution is 2.31. The van der Waals surface area contributed by atoms with E-state index in [2.05, 4.69) is 12.1 Å². The minimum absolute atomic E-state index is 0.0382. The maximum absolute atomic E-state index is 11.4. The summed E-state index contributed by atoms with van der Waals surface area (Å²) in [6, 6.07) is 16.7. The van der Waals surface area contributed by atoms with Crippen LogP contribution in [0.3, 0.4) is 0 Å². The Bertz CT molecular complexity index is 891. The highest BCUT2D eigenvalue weighted by molar-refractivity contribution is 5.70. The summed E-state index contributed by atoms with van der Waals surface area (Å²) >= 11 is 0. The molecule has 0 spiro atoms. The molecule has 1 fully saturated rings. The maximum Gasteiger partial charge on any atom is 0.293 e. The number of hydrogen-bond donors (Lipinski definition) is 1. The second-order valence-electron chi connectivity index (χ2n) is 6.27. The number of nitrogens with zero attached hydrogens (tertiary/aromatic N) is 4. The first kappa shape index (κ1) is 17.4. The Hall–Kier alpha value is -3.42. The molecule has 2 aromatic carbocycles. The minimum Gasteiger partial charge on any atom is -0.355 e. The Kier molecular flexibility index (Phi) is 5.12. The van der Waals surface area contributed by atoms with Crippen LogP contribution in [0, 0.1) is 32.8 Å². The van der Waals surface area contributed by atoms with Gasteiger partial charge in [0, 0.05) is 11.6 Å². The zero-order valence-corrected chi connectivity index (χ0v) is 14.2. The van der Waals surface area contributed by atoms with E-state index >= 15 is 0 Å². The van der Waals surface area contributed by atoms with Crippen LogP contribution in [-0.2, 0) is 6.54 Å². The zero-order chi connectivity index (χ0) is 18.5. The first-order valence-electron chi connectivity index (χ1n) is 8.37. The smallest absolute Gasteiger partial charge is 0.293 e. The number of benzene rings is 2. The van der Waals surface area contributed by atoms with Gasteiger partial charge in [0.2, 0.25) is 0 Å². The molecular weight excluding hydrogens is 330 g/mol. The van der Waals surface area contributed by atoms with E-state index in [1.807, 2.05) is 35.2 Å². The molecule has 1 saturated heterocycles. The summed E-state index contributed by atoms with van der Waals surface area (Å²) in [5.74, 6) is 0. The summed E-state index contributed by atoms with van der Waals surface area (Å²) in [4.78, 5) is 14.3. The van der Waals surface area contributed by atoms with E-state index < -0.39 is 4.92 Å². The highest BCUT2D eigenvalue weighted by Gasteiger charge is 2.27. The van der Waals surface area contributed by atoms with Crippen molar-refractivity contribution in [2.45, 2.75) is 6.54 Å². The van der Waals surface area contributed by atoms with Crippen molar-refractivity contribution in [3.63, 3.8) is 0 Å². The highest BCUT2D eigenvalue weighted by atomic mass is 16.6. The van der Waals surface area contributed by atoms with E-state index in [-0.39, 0.29) is 16.8 Å². The topological polar surface area (TPSA) is 98.4 Å². The van der Waals surface area contributed by atoms with Crippen molar-refractivity contribution in [1.29, 1.82) is 10.5 Å². The summed E-state index contributed by atoms with van der Waals surface area (Å²) in [5, 5.41) is 29.7. The maximum atomic E-state index is 11.4. The summed E-state index contributed by atoms with van der Waals surface area (Å²) in [6.07, 6.45) is 0. The molecule has 7 heteroatoms. The van der Waals surface area contributed by atoms with Gasteiger partial charge in [-0.3, -0.25) is 10.1 Å². The normalized spacial score (nSPS) is 14.5. The number of rotatable bonds is 4. The first-order chi connectivity index (χ1) is 12.6. The fraction of sp³-hybridized carbons (Fsp3) is 0.263. The van der Waals surface area contributed by atoms with Crippen LogP contribution in [0.5, 0.6) is 0 Å². The summed E-state index contributed by atoms with van der Waals surface area (Å²) < 4.78 is 0. The molecule has 0 bridgehead atoms. The van der Waals surface area contributed by atoms with Gasteiger partial charge >= 0.3 is 0 Å². The van der Waals surface area contributed by atoms with E-state index in [1.165, 1.54) is 22.6 Å². The van der Waals surface area contributed by atoms with Gasteiger partial charge in [-0.2, -0.15) is 10.5 Å². The number of nitrogens with one attached hydrogen (secondary N) is 1. The molecule has 0 amide bonds. The third-order valence-electron chi connectivity index (χ3n) is 4.66. The lowest BCUT2D eigenvalue weighted by atomic mass is 10.1. The standard InChI is InChI=1S/C19H17N5O2/c20-12-16-10-18(19(24(25)26)11-17(16)13-21)23-8-6-22(7-9-23)14-15-4-2-1-3-5-15/h1-5,10-11H,6-9,14H2/p+1. The van der Waals surface area contributed by atoms with Crippen molar-refractivity contribution in [1.82, 2.24) is 0 Å². The fourth-order valence-corrected chi connectivity index (χ4v) is 3.29. The first-order valence-corrected chi connectivity index (χ1v) is 8.37. The summed E-state index contributed by atoms with van der Waals surface area (Å²) in [7, 11) is 0. The van der Waals surface area contributed by atoms with Crippen molar-refractivity contribution in [2.24, 2.45) is 0 Å². The monoisotopic (exact) mass is 348 g/mol. The predicted molar refractivity (Wildman–Crippen MR) is 95.6 cm³/mol. The van der Waals surface area contributed by atoms with Gasteiger partial charge in [-0.15, -0.1) is 0 Å². The predicted octanol–water partition coefficient (Wildman–Crippen LogP) is 1.24. The van der Waals surface area contributed by atoms with Crippen LogP contribution in [0.25, 0.3) is 0 Å². The second kappa shape index (κ2) is 7.64. The molecule has 0 saturated carbocycles. The number of nitro groups is 1. The number of piperazine rings is 1. The number of hydrogen-bond acceptors (Lipinski definition) is 5. The van der Waals surface area contributed by atoms with Crippen molar-refractivity contribution in [2.75, 3.05) is 31.1 Å². The quantitative estimate of drug-likeness (QED) is 0.662. The largest absolute Gasteiger partial charge is 0.355 e. The van der Waals surface area contributed by atoms with E-state index in [9.17, 15) is 15.4 Å². The van der Waals surface area contributed by atoms with Crippen LogP contribution in [-0.4, -0.2) is 31.1 Å². The molecular formula is C19H18N5O2+. The summed E-state index contributed by atoms with van der Waals surface area (Å²) in [5.41, 5.74) is 1.78. The van der Waals surface area contributed by atoms with Gasteiger partial charge in [0.05, 0.1) is 42.2 Å². The van der Waals surface area contributed by atoms with Crippen LogP contribution < -0.4 is 9.80 Å². The van der Waals surface area contributed by atoms with Crippen molar-refractivity contribution in [3.8, 4) is 12.1 Å². The van der Waals surface area contributed by atoms with Gasteiger partial charge in [0.25, 0.3) is 5.69 Å². The molecule has 1 N–H and O–H groups in total. The lowest BCUT2D eigenvalue weighted by molar-refractivity contribution is -0.914. The summed E-state index contributed by atoms with van der Waals surface area (Å²) in [6.45, 7) is 3.97. The Labute approximate surface area is 151 Å². The Morgan fingerprint density at radius 1 is 1.08 bits per heavy atom. The van der Waals surface area contributed by atoms with E-state index in [4.69, 9.17) is 5.26 Å². The average molecular weight is 348 g/mol. The molecule has 0 aromatic heterocycles. The van der Waals surface area contributed by atoms with Crippen LogP contribution in [0.2, 0.25) is 0 Å². The Balaban J connectivity index is 1.78. The number of nitro benzene ring substituents is 1. The van der Waals surface area contributed by atoms with Gasteiger partial charge in [0.1, 0.15) is 24.4 Å². The lowest BCUT2D eigenvalue weighted by Gasteiger charge is -2.33. The molecule has 0 radical (unpaired) electrons. The van der Waals surface area contributed by atoms with Crippen LogP contribution >= 0.6 is 0 Å². The van der Waals surface area contributed by atoms with Gasteiger partial charge in [-0.1, -0.05) is 30.3 Å². The molecule has 2 aromatic rings. The molecule has 1 aliphatic rings. The molecule has 1 aliphatic heterocycles. The van der Waals surface area contributed by atoms with Crippen LogP contribution in [0.15, 0.2) is 42.5 Å². The second-order valence-corrected chi connectivity index (χ2v) is 6.27. The molecule has 0 atom stereocenters. The zero-order valence-electron chi connectivity index (χ0n) is 14.2. The third-order valence-corrected chi connectivity index (χ3v) is 4.66. The minimum atomic E-state index is -0.486. The molecule has 0 aliphatic carbocycles. The van der Waals surface area contributed by atoms with E-state index in [0.29, 0.717) is 18.8 Å². The van der Waals surface area contributed by atoms with Gasteiger partial charge < -0.3 is 9.80 Å². The third kappa shape index (κ3) is 3.64. The van der Waals surface area contributed by atoms with Crippen molar-refractivity contribution in [3.05, 3.63) is 69.3 Å².